The van der Waals surface area contributed by atoms with Crippen LogP contribution >= 0.6 is 0 Å². The third-order valence-corrected chi connectivity index (χ3v) is 3.26. The van der Waals surface area contributed by atoms with Crippen LogP contribution in [0.15, 0.2) is 36.4 Å². The number of hydrogen-bond donors (Lipinski definition) is 2. The van der Waals surface area contributed by atoms with E-state index in [4.69, 9.17) is 0 Å². The van der Waals surface area contributed by atoms with Crippen LogP contribution in [0.2, 0.25) is 0 Å². The second-order valence-corrected chi connectivity index (χ2v) is 4.42. The summed E-state index contributed by atoms with van der Waals surface area (Å²) in [5.74, 6) is 0.0139. The van der Waals surface area contributed by atoms with E-state index in [-0.39, 0.29) is 12.0 Å². The monoisotopic (exact) mass is 218 g/mol. The lowest BCUT2D eigenvalue weighted by atomic mass is 9.98. The van der Waals surface area contributed by atoms with Crippen molar-refractivity contribution < 1.29 is 10.2 Å². The Morgan fingerprint density at radius 1 is 1.19 bits per heavy atom. The first kappa shape index (κ1) is 11.4. The molecule has 2 N–H and O–H groups in total. The zero-order valence-electron chi connectivity index (χ0n) is 9.29. The highest BCUT2D eigenvalue weighted by molar-refractivity contribution is 5.49. The van der Waals surface area contributed by atoms with Crippen LogP contribution < -0.4 is 0 Å². The predicted octanol–water partition coefficient (Wildman–Crippen LogP) is 2.22. The molecule has 0 radical (unpaired) electrons. The smallest absolute Gasteiger partial charge is 0.0776 e. The van der Waals surface area contributed by atoms with Gasteiger partial charge in [-0.1, -0.05) is 48.9 Å². The molecule has 0 bridgehead atoms. The number of benzene rings is 1. The molecule has 86 valence electrons. The largest absolute Gasteiger partial charge is 0.393 e. The molecule has 3 atom stereocenters. The van der Waals surface area contributed by atoms with Gasteiger partial charge in [-0.2, -0.15) is 0 Å². The van der Waals surface area contributed by atoms with Gasteiger partial charge >= 0.3 is 0 Å². The lowest BCUT2D eigenvalue weighted by Gasteiger charge is -2.18. The molecule has 16 heavy (non-hydrogen) atoms. The Bertz CT molecular complexity index is 345. The Labute approximate surface area is 96.2 Å². The van der Waals surface area contributed by atoms with Crippen molar-refractivity contribution in [2.45, 2.75) is 31.5 Å². The maximum absolute atomic E-state index is 9.93. The fourth-order valence-corrected chi connectivity index (χ4v) is 2.28. The predicted molar refractivity (Wildman–Crippen MR) is 64.8 cm³/mol. The summed E-state index contributed by atoms with van der Waals surface area (Å²) >= 11 is 0. The Balaban J connectivity index is 1.96. The van der Waals surface area contributed by atoms with Crippen LogP contribution in [0.4, 0.5) is 0 Å². The van der Waals surface area contributed by atoms with Crippen LogP contribution in [0.1, 0.15) is 24.8 Å². The molecule has 0 aliphatic heterocycles. The molecule has 0 unspecified atom stereocenters. The minimum absolute atomic E-state index is 0.0139. The molecule has 0 saturated heterocycles. The summed E-state index contributed by atoms with van der Waals surface area (Å²) in [7, 11) is 0. The van der Waals surface area contributed by atoms with Crippen molar-refractivity contribution in [1.29, 1.82) is 0 Å². The van der Waals surface area contributed by atoms with E-state index in [1.54, 1.807) is 6.08 Å². The minimum atomic E-state index is -0.530. The average molecular weight is 218 g/mol. The molecule has 1 saturated carbocycles. The van der Waals surface area contributed by atoms with E-state index in [2.05, 4.69) is 0 Å². The summed E-state index contributed by atoms with van der Waals surface area (Å²) in [4.78, 5) is 0. The molecule has 2 nitrogen and oxygen atoms in total. The third kappa shape index (κ3) is 2.71. The molecule has 2 heteroatoms. The second-order valence-electron chi connectivity index (χ2n) is 4.42. The van der Waals surface area contributed by atoms with Gasteiger partial charge in [-0.3, -0.25) is 0 Å². The molecular weight excluding hydrogens is 200 g/mol. The van der Waals surface area contributed by atoms with Gasteiger partial charge in [-0.15, -0.1) is 0 Å². The van der Waals surface area contributed by atoms with Crippen molar-refractivity contribution in [3.05, 3.63) is 42.0 Å². The summed E-state index contributed by atoms with van der Waals surface area (Å²) in [5.41, 5.74) is 1.08. The molecule has 0 heterocycles. The summed E-state index contributed by atoms with van der Waals surface area (Å²) in [6, 6.07) is 9.89. The second kappa shape index (κ2) is 5.28. The maximum atomic E-state index is 9.93. The molecule has 2 rings (SSSR count). The number of rotatable bonds is 3. The zero-order chi connectivity index (χ0) is 11.4. The van der Waals surface area contributed by atoms with E-state index in [0.717, 1.165) is 24.8 Å². The van der Waals surface area contributed by atoms with Crippen molar-refractivity contribution in [2.75, 3.05) is 0 Å². The van der Waals surface area contributed by atoms with Gasteiger partial charge in [0.15, 0.2) is 0 Å². The Hall–Kier alpha value is -1.12. The van der Waals surface area contributed by atoms with Gasteiger partial charge in [0.2, 0.25) is 0 Å². The highest BCUT2D eigenvalue weighted by Gasteiger charge is 2.29. The first-order chi connectivity index (χ1) is 7.77. The van der Waals surface area contributed by atoms with Crippen LogP contribution in [0.5, 0.6) is 0 Å². The lowest BCUT2D eigenvalue weighted by Crippen LogP contribution is -2.25. The van der Waals surface area contributed by atoms with Crippen molar-refractivity contribution in [3.63, 3.8) is 0 Å². The van der Waals surface area contributed by atoms with Gasteiger partial charge in [0, 0.05) is 5.92 Å². The maximum Gasteiger partial charge on any atom is 0.0776 e. The molecular formula is C14H18O2. The third-order valence-electron chi connectivity index (χ3n) is 3.26. The number of aliphatic hydroxyl groups is 2. The van der Waals surface area contributed by atoms with Gasteiger partial charge in [0.25, 0.3) is 0 Å². The fraction of sp³-hybridized carbons (Fsp3) is 0.429. The first-order valence-corrected chi connectivity index (χ1v) is 5.87. The Kier molecular flexibility index (Phi) is 3.75. The molecule has 1 aliphatic rings. The molecule has 1 aliphatic carbocycles. The number of aliphatic hydroxyl groups excluding tert-OH is 2. The SMILES string of the molecule is O[C@@H]1CCC[C@@H]1[C@@H](O)/C=C/c1ccccc1. The van der Waals surface area contributed by atoms with E-state index < -0.39 is 6.10 Å². The molecule has 0 aromatic heterocycles. The zero-order valence-corrected chi connectivity index (χ0v) is 9.29. The van der Waals surface area contributed by atoms with Crippen molar-refractivity contribution in [1.82, 2.24) is 0 Å². The average Bonchev–Trinajstić information content (AvgIpc) is 2.74. The molecule has 1 fully saturated rings. The van der Waals surface area contributed by atoms with Crippen molar-refractivity contribution in [3.8, 4) is 0 Å². The van der Waals surface area contributed by atoms with Crippen molar-refractivity contribution in [2.24, 2.45) is 5.92 Å². The van der Waals surface area contributed by atoms with Crippen LogP contribution in [0.25, 0.3) is 6.08 Å². The Morgan fingerprint density at radius 3 is 2.56 bits per heavy atom. The highest BCUT2D eigenvalue weighted by Crippen LogP contribution is 2.29. The number of hydrogen-bond acceptors (Lipinski definition) is 2. The van der Waals surface area contributed by atoms with E-state index in [1.807, 2.05) is 36.4 Å². The Morgan fingerprint density at radius 2 is 1.94 bits per heavy atom. The van der Waals surface area contributed by atoms with E-state index in [0.29, 0.717) is 0 Å². The van der Waals surface area contributed by atoms with Gasteiger partial charge < -0.3 is 10.2 Å². The minimum Gasteiger partial charge on any atom is -0.393 e. The standard InChI is InChI=1S/C14H18O2/c15-13-8-4-7-12(13)14(16)10-9-11-5-2-1-3-6-11/h1-3,5-6,9-10,12-16H,4,7-8H2/b10-9+/t12-,13+,14-/m0/s1. The quantitative estimate of drug-likeness (QED) is 0.816. The van der Waals surface area contributed by atoms with Gasteiger partial charge in [0.05, 0.1) is 12.2 Å². The fourth-order valence-electron chi connectivity index (χ4n) is 2.28. The molecule has 1 aromatic rings. The normalized spacial score (nSPS) is 27.4. The topological polar surface area (TPSA) is 40.5 Å². The molecule has 1 aromatic carbocycles. The van der Waals surface area contributed by atoms with Crippen molar-refractivity contribution >= 4 is 6.08 Å². The van der Waals surface area contributed by atoms with Gasteiger partial charge in [-0.05, 0) is 18.4 Å². The van der Waals surface area contributed by atoms with E-state index in [9.17, 15) is 10.2 Å². The summed E-state index contributed by atoms with van der Waals surface area (Å²) in [6.07, 6.45) is 5.59. The van der Waals surface area contributed by atoms with E-state index in [1.165, 1.54) is 0 Å². The lowest BCUT2D eigenvalue weighted by molar-refractivity contribution is 0.0569. The first-order valence-electron chi connectivity index (χ1n) is 5.87. The summed E-state index contributed by atoms with van der Waals surface area (Å²) in [5, 5.41) is 19.6. The molecule has 0 amide bonds. The van der Waals surface area contributed by atoms with Crippen LogP contribution in [-0.2, 0) is 0 Å². The summed E-state index contributed by atoms with van der Waals surface area (Å²) in [6.45, 7) is 0. The van der Waals surface area contributed by atoms with Gasteiger partial charge in [-0.25, -0.2) is 0 Å². The van der Waals surface area contributed by atoms with Crippen LogP contribution in [0.3, 0.4) is 0 Å². The van der Waals surface area contributed by atoms with E-state index >= 15 is 0 Å². The van der Waals surface area contributed by atoms with Crippen LogP contribution in [0, 0.1) is 5.92 Å². The highest BCUT2D eigenvalue weighted by atomic mass is 16.3. The summed E-state index contributed by atoms with van der Waals surface area (Å²) < 4.78 is 0. The van der Waals surface area contributed by atoms with Crippen LogP contribution in [-0.4, -0.2) is 22.4 Å². The molecule has 0 spiro atoms. The van der Waals surface area contributed by atoms with Gasteiger partial charge in [0.1, 0.15) is 0 Å².